The Morgan fingerprint density at radius 3 is 2.92 bits per heavy atom. The van der Waals surface area contributed by atoms with E-state index in [4.69, 9.17) is 4.52 Å². The molecule has 0 aliphatic carbocycles. The molecule has 1 saturated heterocycles. The molecule has 25 heavy (non-hydrogen) atoms. The Kier molecular flexibility index (Phi) is 3.71. The Morgan fingerprint density at radius 2 is 2.24 bits per heavy atom. The number of likely N-dealkylation sites (tertiary alicyclic amines) is 1. The van der Waals surface area contributed by atoms with Gasteiger partial charge in [-0.25, -0.2) is 0 Å². The molecule has 1 N–H and O–H groups in total. The minimum Gasteiger partial charge on any atom is -0.361 e. The maximum absolute atomic E-state index is 13.0. The lowest BCUT2D eigenvalue weighted by Crippen LogP contribution is -2.31. The molecule has 1 atom stereocenters. The van der Waals surface area contributed by atoms with Crippen molar-refractivity contribution in [1.29, 1.82) is 0 Å². The molecule has 0 radical (unpaired) electrons. The first-order chi connectivity index (χ1) is 12.1. The first-order valence-electron chi connectivity index (χ1n) is 8.47. The van der Waals surface area contributed by atoms with Crippen molar-refractivity contribution in [1.82, 2.24) is 24.8 Å². The van der Waals surface area contributed by atoms with E-state index >= 15 is 0 Å². The van der Waals surface area contributed by atoms with Crippen molar-refractivity contribution < 1.29 is 9.32 Å². The fraction of sp³-hybridized carbons (Fsp3) is 0.389. The molecular formula is C18H21N5O2. The van der Waals surface area contributed by atoms with Crippen LogP contribution in [-0.4, -0.2) is 37.3 Å². The second-order valence-electron chi connectivity index (χ2n) is 6.57. The van der Waals surface area contributed by atoms with Gasteiger partial charge < -0.3 is 14.0 Å². The Labute approximate surface area is 145 Å². The number of hydrogen-bond donors (Lipinski definition) is 1. The monoisotopic (exact) mass is 339 g/mol. The zero-order chi connectivity index (χ0) is 17.6. The van der Waals surface area contributed by atoms with Gasteiger partial charge in [0.25, 0.3) is 5.91 Å². The van der Waals surface area contributed by atoms with Crippen LogP contribution in [0.5, 0.6) is 0 Å². The highest BCUT2D eigenvalue weighted by Crippen LogP contribution is 2.36. The number of H-pyrrole nitrogens is 1. The summed E-state index contributed by atoms with van der Waals surface area (Å²) in [7, 11) is 1.96. The van der Waals surface area contributed by atoms with E-state index in [0.717, 1.165) is 47.8 Å². The molecule has 3 aromatic rings. The molecule has 0 spiro atoms. The van der Waals surface area contributed by atoms with Crippen LogP contribution in [0.25, 0.3) is 11.4 Å². The van der Waals surface area contributed by atoms with E-state index in [1.54, 1.807) is 0 Å². The fourth-order valence-corrected chi connectivity index (χ4v) is 3.72. The summed E-state index contributed by atoms with van der Waals surface area (Å²) in [6, 6.07) is 5.77. The molecule has 1 amide bonds. The molecule has 1 unspecified atom stereocenters. The Hall–Kier alpha value is -2.83. The number of aromatic nitrogens is 4. The van der Waals surface area contributed by atoms with Crippen molar-refractivity contribution in [3.63, 3.8) is 0 Å². The molecule has 0 bridgehead atoms. The van der Waals surface area contributed by atoms with Gasteiger partial charge in [-0.3, -0.25) is 9.89 Å². The van der Waals surface area contributed by atoms with Gasteiger partial charge in [0.15, 0.2) is 0 Å². The van der Waals surface area contributed by atoms with Gasteiger partial charge in [-0.05, 0) is 44.9 Å². The first kappa shape index (κ1) is 15.7. The summed E-state index contributed by atoms with van der Waals surface area (Å²) < 4.78 is 7.28. The van der Waals surface area contributed by atoms with Gasteiger partial charge >= 0.3 is 0 Å². The van der Waals surface area contributed by atoms with Gasteiger partial charge in [0.1, 0.15) is 17.1 Å². The topological polar surface area (TPSA) is 79.9 Å². The fourth-order valence-electron chi connectivity index (χ4n) is 3.72. The number of carbonyl (C=O) groups is 1. The van der Waals surface area contributed by atoms with E-state index < -0.39 is 0 Å². The Morgan fingerprint density at radius 1 is 1.40 bits per heavy atom. The highest BCUT2D eigenvalue weighted by Gasteiger charge is 2.35. The van der Waals surface area contributed by atoms with Gasteiger partial charge in [-0.2, -0.15) is 5.10 Å². The van der Waals surface area contributed by atoms with Crippen LogP contribution in [0, 0.1) is 13.8 Å². The maximum atomic E-state index is 13.0. The summed E-state index contributed by atoms with van der Waals surface area (Å²) >= 11 is 0. The van der Waals surface area contributed by atoms with Crippen molar-refractivity contribution in [3.8, 4) is 11.4 Å². The lowest BCUT2D eigenvalue weighted by Gasteiger charge is -2.24. The van der Waals surface area contributed by atoms with Crippen LogP contribution in [0.3, 0.4) is 0 Å². The van der Waals surface area contributed by atoms with Crippen LogP contribution < -0.4 is 0 Å². The van der Waals surface area contributed by atoms with E-state index in [-0.39, 0.29) is 11.9 Å². The van der Waals surface area contributed by atoms with Crippen molar-refractivity contribution in [3.05, 3.63) is 47.1 Å². The second-order valence-corrected chi connectivity index (χ2v) is 6.57. The standard InChI is InChI=1S/C18H21N5O2/c1-11-17(12(2)25-21-11)16-7-5-9-23(16)18(24)14-10-13(19-20-14)15-6-4-8-22(15)3/h4,6,8,10,16H,5,7,9H2,1-3H3,(H,19,20). The van der Waals surface area contributed by atoms with Gasteiger partial charge in [0, 0.05) is 25.4 Å². The normalized spacial score (nSPS) is 17.4. The summed E-state index contributed by atoms with van der Waals surface area (Å²) in [4.78, 5) is 14.9. The third-order valence-electron chi connectivity index (χ3n) is 4.95. The van der Waals surface area contributed by atoms with E-state index in [2.05, 4.69) is 15.4 Å². The molecule has 7 heteroatoms. The van der Waals surface area contributed by atoms with Gasteiger partial charge in [0.05, 0.1) is 17.4 Å². The minimum atomic E-state index is -0.0320. The molecule has 1 aliphatic heterocycles. The quantitative estimate of drug-likeness (QED) is 0.795. The lowest BCUT2D eigenvalue weighted by atomic mass is 10.0. The van der Waals surface area contributed by atoms with Crippen LogP contribution in [0.1, 0.15) is 46.4 Å². The average molecular weight is 339 g/mol. The van der Waals surface area contributed by atoms with E-state index in [9.17, 15) is 4.79 Å². The average Bonchev–Trinajstić information content (AvgIpc) is 3.34. The predicted octanol–water partition coefficient (Wildman–Crippen LogP) is 3.00. The molecule has 3 aromatic heterocycles. The van der Waals surface area contributed by atoms with Crippen molar-refractivity contribution in [2.24, 2.45) is 7.05 Å². The number of aryl methyl sites for hydroxylation is 3. The first-order valence-corrected chi connectivity index (χ1v) is 8.47. The maximum Gasteiger partial charge on any atom is 0.272 e. The smallest absolute Gasteiger partial charge is 0.272 e. The molecular weight excluding hydrogens is 318 g/mol. The Balaban J connectivity index is 1.62. The number of carbonyl (C=O) groups excluding carboxylic acids is 1. The van der Waals surface area contributed by atoms with Crippen LogP contribution >= 0.6 is 0 Å². The van der Waals surface area contributed by atoms with Crippen molar-refractivity contribution in [2.75, 3.05) is 6.54 Å². The molecule has 4 heterocycles. The molecule has 4 rings (SSSR count). The molecule has 1 fully saturated rings. The van der Waals surface area contributed by atoms with Crippen LogP contribution in [0.15, 0.2) is 28.9 Å². The molecule has 1 aliphatic rings. The van der Waals surface area contributed by atoms with E-state index in [1.165, 1.54) is 0 Å². The minimum absolute atomic E-state index is 0.0144. The van der Waals surface area contributed by atoms with Gasteiger partial charge in [-0.15, -0.1) is 0 Å². The van der Waals surface area contributed by atoms with E-state index in [0.29, 0.717) is 5.69 Å². The molecule has 0 aromatic carbocycles. The number of aromatic amines is 1. The summed E-state index contributed by atoms with van der Waals surface area (Å²) in [5, 5.41) is 11.2. The number of amides is 1. The highest BCUT2D eigenvalue weighted by molar-refractivity contribution is 5.93. The summed E-state index contributed by atoms with van der Waals surface area (Å²) in [6.45, 7) is 4.56. The summed E-state index contributed by atoms with van der Waals surface area (Å²) in [5.41, 5.74) is 4.14. The second kappa shape index (κ2) is 5.91. The zero-order valence-electron chi connectivity index (χ0n) is 14.6. The number of hydrogen-bond acceptors (Lipinski definition) is 4. The third-order valence-corrected chi connectivity index (χ3v) is 4.95. The SMILES string of the molecule is Cc1noc(C)c1C1CCCN1C(=O)c1cc(-c2cccn2C)n[nH]1. The third kappa shape index (κ3) is 2.56. The largest absolute Gasteiger partial charge is 0.361 e. The highest BCUT2D eigenvalue weighted by atomic mass is 16.5. The number of nitrogens with one attached hydrogen (secondary N) is 1. The number of rotatable bonds is 3. The number of nitrogens with zero attached hydrogens (tertiary/aromatic N) is 4. The molecule has 7 nitrogen and oxygen atoms in total. The molecule has 130 valence electrons. The van der Waals surface area contributed by atoms with Crippen molar-refractivity contribution >= 4 is 5.91 Å². The summed E-state index contributed by atoms with van der Waals surface area (Å²) in [5.74, 6) is 0.756. The zero-order valence-corrected chi connectivity index (χ0v) is 14.6. The summed E-state index contributed by atoms with van der Waals surface area (Å²) in [6.07, 6.45) is 3.85. The van der Waals surface area contributed by atoms with Gasteiger partial charge in [-0.1, -0.05) is 5.16 Å². The van der Waals surface area contributed by atoms with Crippen LogP contribution in [0.2, 0.25) is 0 Å². The molecule has 0 saturated carbocycles. The lowest BCUT2D eigenvalue weighted by molar-refractivity contribution is 0.0728. The van der Waals surface area contributed by atoms with Crippen LogP contribution in [0.4, 0.5) is 0 Å². The predicted molar refractivity (Wildman–Crippen MR) is 92.0 cm³/mol. The van der Waals surface area contributed by atoms with Crippen LogP contribution in [-0.2, 0) is 7.05 Å². The Bertz CT molecular complexity index is 900. The van der Waals surface area contributed by atoms with Crippen molar-refractivity contribution in [2.45, 2.75) is 32.7 Å². The van der Waals surface area contributed by atoms with E-state index in [1.807, 2.05) is 54.8 Å². The van der Waals surface area contributed by atoms with Gasteiger partial charge in [0.2, 0.25) is 0 Å².